The Balaban J connectivity index is 1.62. The van der Waals surface area contributed by atoms with Gasteiger partial charge < -0.3 is 4.52 Å². The molecule has 172 valence electrons. The third kappa shape index (κ3) is 3.86. The van der Waals surface area contributed by atoms with E-state index in [1.54, 1.807) is 0 Å². The molecule has 3 aromatic heterocycles. The van der Waals surface area contributed by atoms with Gasteiger partial charge >= 0.3 is 4.84 Å². The molecule has 0 saturated heterocycles. The van der Waals surface area contributed by atoms with E-state index >= 15 is 0 Å². The first kappa shape index (κ1) is 22.2. The number of hydrogen-bond donors (Lipinski definition) is 1. The molecule has 7 heteroatoms. The molecule has 3 heterocycles. The van der Waals surface area contributed by atoms with Crippen molar-refractivity contribution in [3.05, 3.63) is 76.0 Å². The second-order valence-electron chi connectivity index (χ2n) is 8.61. The summed E-state index contributed by atoms with van der Waals surface area (Å²) in [7, 11) is 0. The van der Waals surface area contributed by atoms with E-state index in [1.165, 1.54) is 11.1 Å². The zero-order valence-electron chi connectivity index (χ0n) is 19.8. The van der Waals surface area contributed by atoms with Gasteiger partial charge in [-0.2, -0.15) is 4.98 Å². The first-order chi connectivity index (χ1) is 16.5. The Kier molecular flexibility index (Phi) is 5.87. The summed E-state index contributed by atoms with van der Waals surface area (Å²) in [6.07, 6.45) is 3.12. The number of aromatic amines is 1. The van der Waals surface area contributed by atoms with Crippen molar-refractivity contribution in [1.82, 2.24) is 24.7 Å². The minimum atomic E-state index is 0.195. The van der Waals surface area contributed by atoms with Crippen LogP contribution in [0.5, 0.6) is 0 Å². The number of aromatic nitrogens is 5. The normalized spacial score (nSPS) is 11.4. The molecule has 0 saturated carbocycles. The van der Waals surface area contributed by atoms with Crippen LogP contribution >= 0.6 is 12.2 Å². The van der Waals surface area contributed by atoms with Crippen molar-refractivity contribution in [3.63, 3.8) is 0 Å². The summed E-state index contributed by atoms with van der Waals surface area (Å²) in [5, 5.41) is 2.82. The fourth-order valence-electron chi connectivity index (χ4n) is 4.35. The smallest absolute Gasteiger partial charge is 0.314 e. The minimum Gasteiger partial charge on any atom is -0.348 e. The van der Waals surface area contributed by atoms with Crippen molar-refractivity contribution in [3.8, 4) is 28.2 Å². The number of benzene rings is 2. The highest BCUT2D eigenvalue weighted by Gasteiger charge is 2.18. The number of imidazole rings is 1. The van der Waals surface area contributed by atoms with E-state index in [2.05, 4.69) is 72.7 Å². The van der Waals surface area contributed by atoms with E-state index in [9.17, 15) is 0 Å². The summed E-state index contributed by atoms with van der Waals surface area (Å²) >= 11 is 5.04. The number of unbranched alkanes of at least 4 members (excludes halogenated alkanes) is 1. The number of fused-ring (bicyclic) bond motifs is 1. The SMILES string of the molecule is CCCCc1nc2c(C)c(C)c(C)nc2n1-c1ccc(-c2ccccc2-c2nc(=S)o[nH]2)cc1. The zero-order valence-corrected chi connectivity index (χ0v) is 20.7. The van der Waals surface area contributed by atoms with E-state index in [-0.39, 0.29) is 4.84 Å². The molecular formula is C27H27N5OS. The van der Waals surface area contributed by atoms with Crippen LogP contribution in [-0.2, 0) is 6.42 Å². The molecule has 0 aliphatic carbocycles. The maximum Gasteiger partial charge on any atom is 0.314 e. The summed E-state index contributed by atoms with van der Waals surface area (Å²) in [4.78, 5) is 14.5. The monoisotopic (exact) mass is 469 g/mol. The molecule has 0 spiro atoms. The highest BCUT2D eigenvalue weighted by molar-refractivity contribution is 7.71. The van der Waals surface area contributed by atoms with Crippen molar-refractivity contribution < 1.29 is 4.52 Å². The van der Waals surface area contributed by atoms with Gasteiger partial charge in [0.15, 0.2) is 11.5 Å². The van der Waals surface area contributed by atoms with Crippen molar-refractivity contribution in [1.29, 1.82) is 0 Å². The van der Waals surface area contributed by atoms with Crippen LogP contribution in [0.2, 0.25) is 0 Å². The van der Waals surface area contributed by atoms with Crippen molar-refractivity contribution in [2.24, 2.45) is 0 Å². The molecule has 0 atom stereocenters. The Bertz CT molecular complexity index is 1540. The van der Waals surface area contributed by atoms with Gasteiger partial charge in [0.05, 0.1) is 0 Å². The third-order valence-corrected chi connectivity index (χ3v) is 6.64. The topological polar surface area (TPSA) is 72.5 Å². The van der Waals surface area contributed by atoms with Crippen LogP contribution in [0.1, 0.15) is 42.4 Å². The first-order valence-electron chi connectivity index (χ1n) is 11.6. The number of aryl methyl sites for hydroxylation is 3. The van der Waals surface area contributed by atoms with E-state index in [1.807, 2.05) is 18.2 Å². The second-order valence-corrected chi connectivity index (χ2v) is 8.96. The van der Waals surface area contributed by atoms with Crippen LogP contribution in [0.25, 0.3) is 39.4 Å². The molecule has 0 fully saturated rings. The molecule has 5 rings (SSSR count). The Morgan fingerprint density at radius 2 is 1.65 bits per heavy atom. The number of rotatable bonds is 6. The lowest BCUT2D eigenvalue weighted by Crippen LogP contribution is -2.03. The molecule has 0 unspecified atom stereocenters. The van der Waals surface area contributed by atoms with Crippen molar-refractivity contribution in [2.45, 2.75) is 47.0 Å². The predicted octanol–water partition coefficient (Wildman–Crippen LogP) is 7.07. The third-order valence-electron chi connectivity index (χ3n) is 6.47. The predicted molar refractivity (Wildman–Crippen MR) is 138 cm³/mol. The second kappa shape index (κ2) is 8.99. The average Bonchev–Trinajstić information content (AvgIpc) is 3.45. The highest BCUT2D eigenvalue weighted by Crippen LogP contribution is 2.32. The van der Waals surface area contributed by atoms with Gasteiger partial charge in [-0.1, -0.05) is 49.7 Å². The molecule has 2 aromatic carbocycles. The molecule has 0 aliphatic heterocycles. The summed E-state index contributed by atoms with van der Waals surface area (Å²) < 4.78 is 7.37. The van der Waals surface area contributed by atoms with Gasteiger partial charge in [0.1, 0.15) is 11.3 Å². The zero-order chi connectivity index (χ0) is 23.8. The van der Waals surface area contributed by atoms with Gasteiger partial charge in [0.25, 0.3) is 0 Å². The van der Waals surface area contributed by atoms with Gasteiger partial charge in [-0.25, -0.2) is 15.1 Å². The summed E-state index contributed by atoms with van der Waals surface area (Å²) in [6.45, 7) is 8.54. The fourth-order valence-corrected chi connectivity index (χ4v) is 4.49. The van der Waals surface area contributed by atoms with E-state index in [0.717, 1.165) is 64.3 Å². The lowest BCUT2D eigenvalue weighted by atomic mass is 9.99. The molecule has 0 bridgehead atoms. The van der Waals surface area contributed by atoms with Crippen LogP contribution in [-0.4, -0.2) is 24.7 Å². The maximum atomic E-state index is 5.15. The molecule has 0 radical (unpaired) electrons. The molecule has 0 aliphatic rings. The maximum absolute atomic E-state index is 5.15. The molecule has 34 heavy (non-hydrogen) atoms. The molecular weight excluding hydrogens is 442 g/mol. The Morgan fingerprint density at radius 1 is 0.912 bits per heavy atom. The average molecular weight is 470 g/mol. The standard InChI is InChI=1S/C27H27N5OS/c1-5-6-11-23-29-24-17(3)16(2)18(4)28-26(24)32(23)20-14-12-19(13-15-20)21-9-7-8-10-22(21)25-30-27(34)33-31-25/h7-10,12-15H,5-6,11H2,1-4H3,(H,30,31,34). The molecule has 1 N–H and O–H groups in total. The van der Waals surface area contributed by atoms with Crippen LogP contribution < -0.4 is 0 Å². The van der Waals surface area contributed by atoms with Gasteiger partial charge in [0.2, 0.25) is 0 Å². The summed E-state index contributed by atoms with van der Waals surface area (Å²) in [5.74, 6) is 1.68. The van der Waals surface area contributed by atoms with E-state index in [4.69, 9.17) is 26.7 Å². The van der Waals surface area contributed by atoms with Gasteiger partial charge in [0, 0.05) is 23.4 Å². The van der Waals surface area contributed by atoms with E-state index < -0.39 is 0 Å². The van der Waals surface area contributed by atoms with E-state index in [0.29, 0.717) is 5.82 Å². The molecule has 6 nitrogen and oxygen atoms in total. The Labute approximate surface area is 203 Å². The Morgan fingerprint density at radius 3 is 2.32 bits per heavy atom. The first-order valence-corrected chi connectivity index (χ1v) is 12.0. The Hall–Kier alpha value is -3.58. The van der Waals surface area contributed by atoms with Gasteiger partial charge in [-0.05, 0) is 73.8 Å². The largest absolute Gasteiger partial charge is 0.348 e. The van der Waals surface area contributed by atoms with Gasteiger partial charge in [-0.15, -0.1) is 0 Å². The number of pyridine rings is 1. The fraction of sp³-hybridized carbons (Fsp3) is 0.259. The molecule has 5 aromatic rings. The summed E-state index contributed by atoms with van der Waals surface area (Å²) in [6, 6.07) is 16.6. The number of nitrogens with zero attached hydrogens (tertiary/aromatic N) is 4. The van der Waals surface area contributed by atoms with Crippen LogP contribution in [0, 0.1) is 25.6 Å². The van der Waals surface area contributed by atoms with Crippen LogP contribution in [0.4, 0.5) is 0 Å². The summed E-state index contributed by atoms with van der Waals surface area (Å²) in [5.41, 5.74) is 9.50. The lowest BCUT2D eigenvalue weighted by Gasteiger charge is -2.12. The van der Waals surface area contributed by atoms with Gasteiger partial charge in [-0.3, -0.25) is 4.57 Å². The van der Waals surface area contributed by atoms with Crippen LogP contribution in [0.3, 0.4) is 0 Å². The van der Waals surface area contributed by atoms with Crippen LogP contribution in [0.15, 0.2) is 53.1 Å². The number of hydrogen-bond acceptors (Lipinski definition) is 5. The highest BCUT2D eigenvalue weighted by atomic mass is 32.1. The quantitative estimate of drug-likeness (QED) is 0.269. The number of nitrogens with one attached hydrogen (secondary N) is 1. The number of H-pyrrole nitrogens is 1. The molecule has 0 amide bonds. The van der Waals surface area contributed by atoms with Crippen molar-refractivity contribution in [2.75, 3.05) is 0 Å². The van der Waals surface area contributed by atoms with Crippen molar-refractivity contribution >= 4 is 23.4 Å². The lowest BCUT2D eigenvalue weighted by molar-refractivity contribution is 0.406. The minimum absolute atomic E-state index is 0.195.